The number of ether oxygens (including phenoxy) is 1. The molecule has 0 atom stereocenters. The summed E-state index contributed by atoms with van der Waals surface area (Å²) in [6.45, 7) is 3.78. The van der Waals surface area contributed by atoms with Crippen molar-refractivity contribution in [1.29, 1.82) is 0 Å². The van der Waals surface area contributed by atoms with Gasteiger partial charge in [0.25, 0.3) is 0 Å². The monoisotopic (exact) mass is 277 g/mol. The van der Waals surface area contributed by atoms with Crippen molar-refractivity contribution in [1.82, 2.24) is 4.98 Å². The third-order valence-corrected chi connectivity index (χ3v) is 3.24. The predicted molar refractivity (Wildman–Crippen MR) is 80.3 cm³/mol. The maximum absolute atomic E-state index is 12.2. The van der Waals surface area contributed by atoms with Gasteiger partial charge in [-0.05, 0) is 32.0 Å². The molecule has 21 heavy (non-hydrogen) atoms. The summed E-state index contributed by atoms with van der Waals surface area (Å²) in [5.41, 5.74) is 1.68. The first-order valence-electron chi connectivity index (χ1n) is 6.83. The fraction of sp³-hybridized carbons (Fsp3) is 0.222. The standard InChI is InChI=1S/C18H15NO2/c1-18(2)11-16(20)15-10-14(12-19-17(15)21-18)9-8-13-6-4-3-5-7-13/h3-7,10,12H,11H2,1-2H3. The fourth-order valence-corrected chi connectivity index (χ4v) is 2.25. The van der Waals surface area contributed by atoms with E-state index in [2.05, 4.69) is 16.8 Å². The van der Waals surface area contributed by atoms with E-state index in [9.17, 15) is 4.79 Å². The van der Waals surface area contributed by atoms with Crippen LogP contribution in [0.25, 0.3) is 0 Å². The normalized spacial score (nSPS) is 15.4. The van der Waals surface area contributed by atoms with Crippen LogP contribution in [0.4, 0.5) is 0 Å². The van der Waals surface area contributed by atoms with Crippen molar-refractivity contribution in [2.75, 3.05) is 0 Å². The maximum Gasteiger partial charge on any atom is 0.224 e. The Hall–Kier alpha value is -2.60. The highest BCUT2D eigenvalue weighted by molar-refractivity contribution is 6.00. The molecule has 2 heterocycles. The lowest BCUT2D eigenvalue weighted by atomic mass is 9.94. The summed E-state index contributed by atoms with van der Waals surface area (Å²) in [5, 5.41) is 0. The molecule has 1 aliphatic heterocycles. The molecule has 0 N–H and O–H groups in total. The topological polar surface area (TPSA) is 39.2 Å². The number of ketones is 1. The van der Waals surface area contributed by atoms with Gasteiger partial charge in [-0.2, -0.15) is 0 Å². The number of aromatic nitrogens is 1. The van der Waals surface area contributed by atoms with Crippen LogP contribution in [0.3, 0.4) is 0 Å². The summed E-state index contributed by atoms with van der Waals surface area (Å²) < 4.78 is 5.73. The molecule has 0 saturated carbocycles. The van der Waals surface area contributed by atoms with Gasteiger partial charge in [-0.1, -0.05) is 30.0 Å². The molecule has 0 bridgehead atoms. The van der Waals surface area contributed by atoms with Crippen LogP contribution in [0.1, 0.15) is 41.8 Å². The van der Waals surface area contributed by atoms with Gasteiger partial charge in [0.05, 0.1) is 12.0 Å². The van der Waals surface area contributed by atoms with Gasteiger partial charge in [0.1, 0.15) is 5.60 Å². The summed E-state index contributed by atoms with van der Waals surface area (Å²) in [6, 6.07) is 11.5. The van der Waals surface area contributed by atoms with Crippen LogP contribution in [-0.2, 0) is 0 Å². The number of hydrogen-bond acceptors (Lipinski definition) is 3. The molecule has 0 fully saturated rings. The van der Waals surface area contributed by atoms with Crippen LogP contribution in [0.5, 0.6) is 5.88 Å². The third kappa shape index (κ3) is 2.95. The molecule has 2 aromatic rings. The molecule has 1 aromatic heterocycles. The number of carbonyl (C=O) groups excluding carboxylic acids is 1. The molecule has 0 spiro atoms. The summed E-state index contributed by atoms with van der Waals surface area (Å²) in [4.78, 5) is 16.4. The largest absolute Gasteiger partial charge is 0.471 e. The molecule has 3 rings (SSSR count). The van der Waals surface area contributed by atoms with E-state index in [1.165, 1.54) is 0 Å². The first-order chi connectivity index (χ1) is 10.0. The van der Waals surface area contributed by atoms with E-state index in [4.69, 9.17) is 4.74 Å². The second-order valence-corrected chi connectivity index (χ2v) is 5.65. The Balaban J connectivity index is 1.93. The lowest BCUT2D eigenvalue weighted by Crippen LogP contribution is -2.36. The molecule has 0 unspecified atom stereocenters. The highest BCUT2D eigenvalue weighted by atomic mass is 16.5. The van der Waals surface area contributed by atoms with Crippen LogP contribution in [0.15, 0.2) is 42.6 Å². The first kappa shape index (κ1) is 13.4. The van der Waals surface area contributed by atoms with E-state index in [1.54, 1.807) is 12.3 Å². The second kappa shape index (κ2) is 5.06. The summed E-state index contributed by atoms with van der Waals surface area (Å²) in [6.07, 6.45) is 2.00. The first-order valence-corrected chi connectivity index (χ1v) is 6.83. The zero-order valence-electron chi connectivity index (χ0n) is 12.0. The number of carbonyl (C=O) groups is 1. The summed E-state index contributed by atoms with van der Waals surface area (Å²) >= 11 is 0. The van der Waals surface area contributed by atoms with Gasteiger partial charge < -0.3 is 4.74 Å². The fourth-order valence-electron chi connectivity index (χ4n) is 2.25. The smallest absolute Gasteiger partial charge is 0.224 e. The Kier molecular flexibility index (Phi) is 3.23. The third-order valence-electron chi connectivity index (χ3n) is 3.24. The van der Waals surface area contributed by atoms with Crippen LogP contribution in [0.2, 0.25) is 0 Å². The van der Waals surface area contributed by atoms with Crippen molar-refractivity contribution < 1.29 is 9.53 Å². The van der Waals surface area contributed by atoms with E-state index in [0.717, 1.165) is 5.56 Å². The molecule has 0 amide bonds. The van der Waals surface area contributed by atoms with Gasteiger partial charge in [0, 0.05) is 17.3 Å². The lowest BCUT2D eigenvalue weighted by Gasteiger charge is -2.30. The van der Waals surface area contributed by atoms with Crippen molar-refractivity contribution >= 4 is 5.78 Å². The Bertz CT molecular complexity index is 752. The zero-order valence-corrected chi connectivity index (χ0v) is 12.0. The molecule has 3 nitrogen and oxygen atoms in total. The maximum atomic E-state index is 12.2. The molecular weight excluding hydrogens is 262 g/mol. The number of rotatable bonds is 0. The van der Waals surface area contributed by atoms with Gasteiger partial charge in [-0.25, -0.2) is 4.98 Å². The minimum absolute atomic E-state index is 0.0529. The zero-order chi connectivity index (χ0) is 14.9. The highest BCUT2D eigenvalue weighted by Crippen LogP contribution is 2.31. The van der Waals surface area contributed by atoms with Gasteiger partial charge >= 0.3 is 0 Å². The Labute approximate surface area is 124 Å². The molecule has 3 heteroatoms. The van der Waals surface area contributed by atoms with Crippen molar-refractivity contribution in [3.63, 3.8) is 0 Å². The molecule has 0 saturated heterocycles. The number of Topliss-reactive ketones (excluding diaryl/α,β-unsaturated/α-hetero) is 1. The summed E-state index contributed by atoms with van der Waals surface area (Å²) in [5.74, 6) is 6.55. The van der Waals surface area contributed by atoms with Gasteiger partial charge in [0.2, 0.25) is 5.88 Å². The van der Waals surface area contributed by atoms with Gasteiger partial charge in [-0.3, -0.25) is 4.79 Å². The quantitative estimate of drug-likeness (QED) is 0.694. The summed E-state index contributed by atoms with van der Waals surface area (Å²) in [7, 11) is 0. The molecular formula is C18H15NO2. The average Bonchev–Trinajstić information content (AvgIpc) is 2.45. The Morgan fingerprint density at radius 3 is 2.62 bits per heavy atom. The number of fused-ring (bicyclic) bond motifs is 1. The minimum Gasteiger partial charge on any atom is -0.471 e. The van der Waals surface area contributed by atoms with Crippen LogP contribution in [0, 0.1) is 11.8 Å². The van der Waals surface area contributed by atoms with Crippen LogP contribution >= 0.6 is 0 Å². The highest BCUT2D eigenvalue weighted by Gasteiger charge is 2.33. The second-order valence-electron chi connectivity index (χ2n) is 5.65. The van der Waals surface area contributed by atoms with E-state index in [0.29, 0.717) is 23.4 Å². The number of hydrogen-bond donors (Lipinski definition) is 0. The van der Waals surface area contributed by atoms with Gasteiger partial charge in [-0.15, -0.1) is 0 Å². The molecule has 1 aliphatic rings. The SMILES string of the molecule is CC1(C)CC(=O)c2cc(C#Cc3ccccc3)cnc2O1. The van der Waals surface area contributed by atoms with Gasteiger partial charge in [0.15, 0.2) is 5.78 Å². The molecule has 1 aromatic carbocycles. The van der Waals surface area contributed by atoms with Crippen molar-refractivity contribution in [2.45, 2.75) is 25.9 Å². The molecule has 0 aliphatic carbocycles. The van der Waals surface area contributed by atoms with E-state index < -0.39 is 5.60 Å². The Morgan fingerprint density at radius 2 is 1.86 bits per heavy atom. The number of pyridine rings is 1. The van der Waals surface area contributed by atoms with E-state index in [1.807, 2.05) is 44.2 Å². The van der Waals surface area contributed by atoms with E-state index >= 15 is 0 Å². The average molecular weight is 277 g/mol. The number of nitrogens with zero attached hydrogens (tertiary/aromatic N) is 1. The van der Waals surface area contributed by atoms with Crippen molar-refractivity contribution in [3.8, 4) is 17.7 Å². The lowest BCUT2D eigenvalue weighted by molar-refractivity contribution is 0.0590. The van der Waals surface area contributed by atoms with Crippen molar-refractivity contribution in [2.24, 2.45) is 0 Å². The Morgan fingerprint density at radius 1 is 1.14 bits per heavy atom. The molecule has 104 valence electrons. The minimum atomic E-state index is -0.492. The van der Waals surface area contributed by atoms with E-state index in [-0.39, 0.29) is 5.78 Å². The number of benzene rings is 1. The van der Waals surface area contributed by atoms with Crippen LogP contribution < -0.4 is 4.74 Å². The molecule has 0 radical (unpaired) electrons. The predicted octanol–water partition coefficient (Wildman–Crippen LogP) is 3.23. The van der Waals surface area contributed by atoms with Crippen LogP contribution in [-0.4, -0.2) is 16.4 Å². The van der Waals surface area contributed by atoms with Crippen molar-refractivity contribution in [3.05, 3.63) is 59.3 Å².